The number of nitrogens with zero attached hydrogens (tertiary/aromatic N) is 1. The van der Waals surface area contributed by atoms with Crippen LogP contribution in [0.5, 0.6) is 0 Å². The molecule has 0 bridgehead atoms. The van der Waals surface area contributed by atoms with Gasteiger partial charge in [-0.1, -0.05) is 0 Å². The Morgan fingerprint density at radius 3 is 3.07 bits per heavy atom. The molecule has 0 atom stereocenters. The first-order valence-electron chi connectivity index (χ1n) is 4.55. The van der Waals surface area contributed by atoms with Crippen molar-refractivity contribution in [3.05, 3.63) is 18.0 Å². The van der Waals surface area contributed by atoms with E-state index >= 15 is 0 Å². The van der Waals surface area contributed by atoms with Gasteiger partial charge in [0, 0.05) is 6.20 Å². The second-order valence-electron chi connectivity index (χ2n) is 3.22. The number of nitrogens with one attached hydrogen (secondary N) is 2. The van der Waals surface area contributed by atoms with Gasteiger partial charge in [-0.2, -0.15) is 5.10 Å². The molecule has 0 saturated carbocycles. The summed E-state index contributed by atoms with van der Waals surface area (Å²) in [6.45, 7) is 4.34. The van der Waals surface area contributed by atoms with Gasteiger partial charge in [-0.3, -0.25) is 9.89 Å². The smallest absolute Gasteiger partial charge is 0.246 e. The lowest BCUT2D eigenvalue weighted by Gasteiger charge is -2.07. The normalized spacial score (nSPS) is 10.5. The van der Waals surface area contributed by atoms with Gasteiger partial charge in [0.15, 0.2) is 0 Å². The van der Waals surface area contributed by atoms with Crippen LogP contribution in [0.25, 0.3) is 0 Å². The highest BCUT2D eigenvalue weighted by Crippen LogP contribution is 1.91. The summed E-state index contributed by atoms with van der Waals surface area (Å²) < 4.78 is 5.14. The van der Waals surface area contributed by atoms with Crippen molar-refractivity contribution in [2.24, 2.45) is 0 Å². The molecular formula is C9H15N3O2. The van der Waals surface area contributed by atoms with Gasteiger partial charge >= 0.3 is 0 Å². The van der Waals surface area contributed by atoms with Gasteiger partial charge in [0.25, 0.3) is 0 Å². The van der Waals surface area contributed by atoms with E-state index in [1.54, 1.807) is 6.20 Å². The van der Waals surface area contributed by atoms with E-state index in [-0.39, 0.29) is 18.6 Å². The summed E-state index contributed by atoms with van der Waals surface area (Å²) in [7, 11) is 0. The molecule has 0 radical (unpaired) electrons. The van der Waals surface area contributed by atoms with Crippen molar-refractivity contribution in [1.82, 2.24) is 15.5 Å². The number of H-pyrrole nitrogens is 1. The Morgan fingerprint density at radius 2 is 2.50 bits per heavy atom. The minimum Gasteiger partial charge on any atom is -0.369 e. The number of hydrogen-bond donors (Lipinski definition) is 2. The third-order valence-corrected chi connectivity index (χ3v) is 1.58. The highest BCUT2D eigenvalue weighted by molar-refractivity contribution is 5.77. The van der Waals surface area contributed by atoms with Crippen LogP contribution in [0.1, 0.15) is 19.5 Å². The van der Waals surface area contributed by atoms with Crippen molar-refractivity contribution in [3.63, 3.8) is 0 Å². The molecule has 0 saturated heterocycles. The Hall–Kier alpha value is -1.36. The van der Waals surface area contributed by atoms with Crippen molar-refractivity contribution in [1.29, 1.82) is 0 Å². The standard InChI is InChI=1S/C9H15N3O2/c1-7(2)14-6-9(13)10-5-8-3-4-11-12-8/h3-4,7H,5-6H2,1-2H3,(H,10,13)(H,11,12). The molecular weight excluding hydrogens is 182 g/mol. The number of aromatic nitrogens is 2. The molecule has 14 heavy (non-hydrogen) atoms. The van der Waals surface area contributed by atoms with Gasteiger partial charge in [-0.05, 0) is 19.9 Å². The van der Waals surface area contributed by atoms with Crippen LogP contribution in [-0.4, -0.2) is 28.8 Å². The van der Waals surface area contributed by atoms with Crippen LogP contribution in [0.3, 0.4) is 0 Å². The zero-order valence-electron chi connectivity index (χ0n) is 8.41. The summed E-state index contributed by atoms with van der Waals surface area (Å²) >= 11 is 0. The summed E-state index contributed by atoms with van der Waals surface area (Å²) in [5.74, 6) is -0.117. The molecule has 1 aromatic heterocycles. The van der Waals surface area contributed by atoms with Crippen molar-refractivity contribution in [2.45, 2.75) is 26.5 Å². The second-order valence-corrected chi connectivity index (χ2v) is 3.22. The van der Waals surface area contributed by atoms with Crippen LogP contribution < -0.4 is 5.32 Å². The molecule has 0 unspecified atom stereocenters. The molecule has 0 aliphatic carbocycles. The summed E-state index contributed by atoms with van der Waals surface area (Å²) in [4.78, 5) is 11.2. The summed E-state index contributed by atoms with van der Waals surface area (Å²) in [6, 6.07) is 1.81. The number of ether oxygens (including phenoxy) is 1. The van der Waals surface area contributed by atoms with E-state index in [2.05, 4.69) is 15.5 Å². The predicted molar refractivity (Wildman–Crippen MR) is 51.5 cm³/mol. The molecule has 78 valence electrons. The molecule has 0 aliphatic heterocycles. The van der Waals surface area contributed by atoms with Crippen LogP contribution in [0.4, 0.5) is 0 Å². The van der Waals surface area contributed by atoms with Crippen LogP contribution >= 0.6 is 0 Å². The van der Waals surface area contributed by atoms with Gasteiger partial charge in [-0.15, -0.1) is 0 Å². The maximum atomic E-state index is 11.2. The lowest BCUT2D eigenvalue weighted by molar-refractivity contribution is -0.127. The predicted octanol–water partition coefficient (Wildman–Crippen LogP) is 0.451. The molecule has 0 aromatic carbocycles. The maximum Gasteiger partial charge on any atom is 0.246 e. The van der Waals surface area contributed by atoms with Crippen molar-refractivity contribution >= 4 is 5.91 Å². The van der Waals surface area contributed by atoms with Gasteiger partial charge in [0.05, 0.1) is 18.3 Å². The SMILES string of the molecule is CC(C)OCC(=O)NCc1ccn[nH]1. The van der Waals surface area contributed by atoms with E-state index in [9.17, 15) is 4.79 Å². The van der Waals surface area contributed by atoms with E-state index in [1.165, 1.54) is 0 Å². The molecule has 1 heterocycles. The number of hydrogen-bond acceptors (Lipinski definition) is 3. The fourth-order valence-electron chi connectivity index (χ4n) is 0.870. The van der Waals surface area contributed by atoms with E-state index in [4.69, 9.17) is 4.74 Å². The molecule has 5 heteroatoms. The highest BCUT2D eigenvalue weighted by atomic mass is 16.5. The van der Waals surface area contributed by atoms with Crippen LogP contribution in [0, 0.1) is 0 Å². The van der Waals surface area contributed by atoms with Crippen LogP contribution in [0.2, 0.25) is 0 Å². The first kappa shape index (κ1) is 10.7. The lowest BCUT2D eigenvalue weighted by Crippen LogP contribution is -2.28. The van der Waals surface area contributed by atoms with Crippen LogP contribution in [-0.2, 0) is 16.1 Å². The number of carbonyl (C=O) groups is 1. The largest absolute Gasteiger partial charge is 0.369 e. The second kappa shape index (κ2) is 5.39. The van der Waals surface area contributed by atoms with E-state index < -0.39 is 0 Å². The van der Waals surface area contributed by atoms with E-state index in [1.807, 2.05) is 19.9 Å². The Bertz CT molecular complexity index is 270. The Balaban J connectivity index is 2.15. The molecule has 2 N–H and O–H groups in total. The Labute approximate surface area is 82.8 Å². The van der Waals surface area contributed by atoms with Crippen molar-refractivity contribution in [2.75, 3.05) is 6.61 Å². The lowest BCUT2D eigenvalue weighted by atomic mass is 10.4. The van der Waals surface area contributed by atoms with Gasteiger partial charge in [0.2, 0.25) is 5.91 Å². The fraction of sp³-hybridized carbons (Fsp3) is 0.556. The molecule has 0 aliphatic rings. The monoisotopic (exact) mass is 197 g/mol. The van der Waals surface area contributed by atoms with Crippen LogP contribution in [0.15, 0.2) is 12.3 Å². The molecule has 1 amide bonds. The van der Waals surface area contributed by atoms with Crippen molar-refractivity contribution < 1.29 is 9.53 Å². The number of carbonyl (C=O) groups excluding carboxylic acids is 1. The quantitative estimate of drug-likeness (QED) is 0.720. The zero-order chi connectivity index (χ0) is 10.4. The van der Waals surface area contributed by atoms with Crippen molar-refractivity contribution in [3.8, 4) is 0 Å². The molecule has 1 aromatic rings. The van der Waals surface area contributed by atoms with Gasteiger partial charge < -0.3 is 10.1 Å². The molecule has 0 spiro atoms. The number of rotatable bonds is 5. The topological polar surface area (TPSA) is 67.0 Å². The Kier molecular flexibility index (Phi) is 4.12. The van der Waals surface area contributed by atoms with E-state index in [0.29, 0.717) is 6.54 Å². The molecule has 0 fully saturated rings. The third-order valence-electron chi connectivity index (χ3n) is 1.58. The summed E-state index contributed by atoms with van der Waals surface area (Å²) in [5, 5.41) is 9.22. The number of aromatic amines is 1. The number of amides is 1. The zero-order valence-corrected chi connectivity index (χ0v) is 8.41. The summed E-state index contributed by atoms with van der Waals surface area (Å²) in [5.41, 5.74) is 0.878. The van der Waals surface area contributed by atoms with E-state index in [0.717, 1.165) is 5.69 Å². The van der Waals surface area contributed by atoms with Gasteiger partial charge in [-0.25, -0.2) is 0 Å². The van der Waals surface area contributed by atoms with Gasteiger partial charge in [0.1, 0.15) is 6.61 Å². The third kappa shape index (κ3) is 4.04. The average Bonchev–Trinajstić information content (AvgIpc) is 2.63. The summed E-state index contributed by atoms with van der Waals surface area (Å²) in [6.07, 6.45) is 1.72. The minimum atomic E-state index is -0.117. The average molecular weight is 197 g/mol. The minimum absolute atomic E-state index is 0.0768. The first-order valence-corrected chi connectivity index (χ1v) is 4.55. The maximum absolute atomic E-state index is 11.2. The molecule has 5 nitrogen and oxygen atoms in total. The fourth-order valence-corrected chi connectivity index (χ4v) is 0.870. The highest BCUT2D eigenvalue weighted by Gasteiger charge is 2.02. The first-order chi connectivity index (χ1) is 6.68. The molecule has 1 rings (SSSR count). The Morgan fingerprint density at radius 1 is 1.71 bits per heavy atom.